The minimum absolute atomic E-state index is 0.0295. The van der Waals surface area contributed by atoms with Crippen molar-refractivity contribution in [1.29, 1.82) is 0 Å². The smallest absolute Gasteiger partial charge is 0.0585 e. The standard InChI is InChI=1S/C81H77N3/c1-7-57(42-40-54(4)58-27-13-10-14-28-58)79-56(6)41-48-69(63-34-25-33-62(52-63)60-31-17-12-18-32-60)66(8-2)80(82-79)67(9-3)78-72(68-35-20-19-26-55(68)5)49-50-73-74-53-65(83-75-38-23-21-36-70(75)71-37-22-24-39-76(71)83)47-51-77(74)84(81(73)78)64-45-43-61(44-46-64)59-29-15-11-16-30-59/h10-39,43-47,49-54,57,66-67,69H,7-9,40-42,48H2,1-6H3/b79-56+,82-80+. The van der Waals surface area contributed by atoms with Crippen molar-refractivity contribution in [3.8, 4) is 44.8 Å². The Labute approximate surface area is 497 Å². The SMILES string of the molecule is CCC(CCC(C)c1ccccc1)C1=C(/C)CCC(c2cccc(-c3ccccc3)c2)C(CC)/C(C(CC)c2c(-c3ccccc3C)ccc3c4cc(-n5c6ccccc6c6ccccc65)ccc4n(-c4ccc(-c5ccccc5)cc4)c23)=N\1. The molecule has 0 amide bonds. The minimum Gasteiger partial charge on any atom is -0.309 e. The molecule has 3 heterocycles. The molecule has 13 rings (SSSR count). The summed E-state index contributed by atoms with van der Waals surface area (Å²) in [5.41, 5.74) is 24.3. The number of aryl methyl sites for hydroxylation is 1. The lowest BCUT2D eigenvalue weighted by atomic mass is 9.70. The number of fused-ring (bicyclic) bond motifs is 6. The molecule has 1 aliphatic heterocycles. The van der Waals surface area contributed by atoms with Crippen LogP contribution in [0.25, 0.3) is 88.4 Å². The second kappa shape index (κ2) is 23.8. The molecule has 0 spiro atoms. The number of benzene rings is 10. The maximum absolute atomic E-state index is 6.45. The number of nitrogens with zero attached hydrogens (tertiary/aromatic N) is 3. The van der Waals surface area contributed by atoms with E-state index in [1.54, 1.807) is 0 Å². The highest BCUT2D eigenvalue weighted by molar-refractivity contribution is 6.15. The van der Waals surface area contributed by atoms with E-state index in [1.165, 1.54) is 116 Å². The van der Waals surface area contributed by atoms with Crippen LogP contribution in [-0.4, -0.2) is 14.8 Å². The summed E-state index contributed by atoms with van der Waals surface area (Å²) < 4.78 is 5.10. The van der Waals surface area contributed by atoms with Crippen molar-refractivity contribution in [2.24, 2.45) is 16.8 Å². The number of hydrogen-bond acceptors (Lipinski definition) is 1. The molecule has 3 nitrogen and oxygen atoms in total. The lowest BCUT2D eigenvalue weighted by molar-refractivity contribution is 0.450. The zero-order valence-corrected chi connectivity index (χ0v) is 49.8. The van der Waals surface area contributed by atoms with Crippen molar-refractivity contribution in [3.05, 3.63) is 276 Å². The van der Waals surface area contributed by atoms with Crippen LogP contribution in [0.15, 0.2) is 259 Å². The van der Waals surface area contributed by atoms with Gasteiger partial charge in [-0.25, -0.2) is 0 Å². The third kappa shape index (κ3) is 10.1. The number of aliphatic imine (C=N–C) groups is 1. The Balaban J connectivity index is 1.09. The van der Waals surface area contributed by atoms with Gasteiger partial charge in [-0.1, -0.05) is 233 Å². The summed E-state index contributed by atoms with van der Waals surface area (Å²) in [6, 6.07) is 90.8. The summed E-state index contributed by atoms with van der Waals surface area (Å²) in [5.74, 6) is 1.19. The van der Waals surface area contributed by atoms with Crippen LogP contribution in [0.4, 0.5) is 0 Å². The molecule has 5 atom stereocenters. The Hall–Kier alpha value is -8.79. The van der Waals surface area contributed by atoms with E-state index >= 15 is 0 Å². The first-order chi connectivity index (χ1) is 41.3. The van der Waals surface area contributed by atoms with Gasteiger partial charge in [-0.15, -0.1) is 0 Å². The molecule has 0 aliphatic carbocycles. The summed E-state index contributed by atoms with van der Waals surface area (Å²) in [7, 11) is 0. The second-order valence-corrected chi connectivity index (χ2v) is 23.9. The van der Waals surface area contributed by atoms with Gasteiger partial charge in [0.15, 0.2) is 0 Å². The van der Waals surface area contributed by atoms with Crippen molar-refractivity contribution in [2.75, 3.05) is 0 Å². The summed E-state index contributed by atoms with van der Waals surface area (Å²) in [6.07, 6.45) is 7.21. The first kappa shape index (κ1) is 54.5. The Kier molecular flexibility index (Phi) is 15.4. The number of rotatable bonds is 16. The van der Waals surface area contributed by atoms with Crippen molar-refractivity contribution >= 4 is 49.3 Å². The average molecular weight is 1090 g/mol. The summed E-state index contributed by atoms with van der Waals surface area (Å²) in [5, 5.41) is 5.02. The number of hydrogen-bond donors (Lipinski definition) is 0. The van der Waals surface area contributed by atoms with Gasteiger partial charge < -0.3 is 9.13 Å². The van der Waals surface area contributed by atoms with Crippen LogP contribution in [0.3, 0.4) is 0 Å². The predicted molar refractivity (Wildman–Crippen MR) is 359 cm³/mol. The van der Waals surface area contributed by atoms with E-state index in [9.17, 15) is 0 Å². The minimum atomic E-state index is -0.0295. The fourth-order valence-corrected chi connectivity index (χ4v) is 14.6. The maximum atomic E-state index is 6.45. The summed E-state index contributed by atoms with van der Waals surface area (Å²) >= 11 is 0. The van der Waals surface area contributed by atoms with Gasteiger partial charge in [0, 0.05) is 62.1 Å². The Morgan fingerprint density at radius 1 is 0.476 bits per heavy atom. The molecule has 12 aromatic rings. The molecule has 5 unspecified atom stereocenters. The molecule has 0 bridgehead atoms. The Bertz CT molecular complexity index is 4310. The molecule has 416 valence electrons. The van der Waals surface area contributed by atoms with Crippen molar-refractivity contribution in [2.45, 2.75) is 104 Å². The fraction of sp³-hybridized carbons (Fsp3) is 0.222. The van der Waals surface area contributed by atoms with E-state index < -0.39 is 0 Å². The van der Waals surface area contributed by atoms with E-state index in [-0.39, 0.29) is 17.8 Å². The zero-order valence-electron chi connectivity index (χ0n) is 49.8. The van der Waals surface area contributed by atoms with Gasteiger partial charge >= 0.3 is 0 Å². The molecule has 10 aromatic carbocycles. The molecule has 1 aliphatic rings. The van der Waals surface area contributed by atoms with Gasteiger partial charge in [0.1, 0.15) is 0 Å². The third-order valence-electron chi connectivity index (χ3n) is 19.0. The molecule has 2 aromatic heterocycles. The molecule has 0 radical (unpaired) electrons. The lowest BCUT2D eigenvalue weighted by Crippen LogP contribution is -2.30. The number of para-hydroxylation sites is 2. The normalized spacial score (nSPS) is 17.5. The van der Waals surface area contributed by atoms with Gasteiger partial charge in [-0.3, -0.25) is 4.99 Å². The molecule has 0 N–H and O–H groups in total. The molecular formula is C81H77N3. The molecule has 3 heteroatoms. The summed E-state index contributed by atoms with van der Waals surface area (Å²) in [4.78, 5) is 6.45. The molecule has 84 heavy (non-hydrogen) atoms. The van der Waals surface area contributed by atoms with Crippen molar-refractivity contribution in [1.82, 2.24) is 9.13 Å². The van der Waals surface area contributed by atoms with E-state index in [1.807, 2.05) is 0 Å². The first-order valence-corrected chi connectivity index (χ1v) is 31.1. The zero-order chi connectivity index (χ0) is 57.3. The number of allylic oxidation sites excluding steroid dienone is 2. The van der Waals surface area contributed by atoms with Gasteiger partial charge in [-0.2, -0.15) is 0 Å². The van der Waals surface area contributed by atoms with Crippen LogP contribution in [0.5, 0.6) is 0 Å². The number of aromatic nitrogens is 2. The molecule has 0 saturated carbocycles. The van der Waals surface area contributed by atoms with Crippen LogP contribution in [0.2, 0.25) is 0 Å². The largest absolute Gasteiger partial charge is 0.309 e. The quantitative estimate of drug-likeness (QED) is 0.0920. The van der Waals surface area contributed by atoms with E-state index in [0.29, 0.717) is 11.8 Å². The van der Waals surface area contributed by atoms with E-state index in [0.717, 1.165) is 56.3 Å². The topological polar surface area (TPSA) is 22.2 Å². The van der Waals surface area contributed by atoms with Crippen LogP contribution >= 0.6 is 0 Å². The molecular weight excluding hydrogens is 1010 g/mol. The van der Waals surface area contributed by atoms with Gasteiger partial charge in [0.2, 0.25) is 0 Å². The van der Waals surface area contributed by atoms with Crippen LogP contribution in [-0.2, 0) is 0 Å². The van der Waals surface area contributed by atoms with Crippen LogP contribution in [0.1, 0.15) is 120 Å². The van der Waals surface area contributed by atoms with Crippen molar-refractivity contribution < 1.29 is 0 Å². The molecule has 0 fully saturated rings. The highest BCUT2D eigenvalue weighted by atomic mass is 15.0. The second-order valence-electron chi connectivity index (χ2n) is 23.9. The highest BCUT2D eigenvalue weighted by Crippen LogP contribution is 2.49. The maximum Gasteiger partial charge on any atom is 0.0585 e. The van der Waals surface area contributed by atoms with Gasteiger partial charge in [0.05, 0.1) is 22.1 Å². The van der Waals surface area contributed by atoms with Gasteiger partial charge in [0.25, 0.3) is 0 Å². The predicted octanol–water partition coefficient (Wildman–Crippen LogP) is 22.6. The summed E-state index contributed by atoms with van der Waals surface area (Å²) in [6.45, 7) is 14.4. The lowest BCUT2D eigenvalue weighted by Gasteiger charge is -2.36. The Morgan fingerprint density at radius 3 is 1.74 bits per heavy atom. The van der Waals surface area contributed by atoms with Crippen LogP contribution in [0, 0.1) is 18.8 Å². The van der Waals surface area contributed by atoms with Crippen molar-refractivity contribution in [3.63, 3.8) is 0 Å². The monoisotopic (exact) mass is 1090 g/mol. The Morgan fingerprint density at radius 2 is 1.07 bits per heavy atom. The van der Waals surface area contributed by atoms with E-state index in [2.05, 4.69) is 293 Å². The third-order valence-corrected chi connectivity index (χ3v) is 19.0. The average Bonchev–Trinajstić information content (AvgIpc) is 3.40. The van der Waals surface area contributed by atoms with E-state index in [4.69, 9.17) is 4.99 Å². The fourth-order valence-electron chi connectivity index (χ4n) is 14.6. The molecule has 0 saturated heterocycles. The highest BCUT2D eigenvalue weighted by Gasteiger charge is 2.37. The first-order valence-electron chi connectivity index (χ1n) is 31.1. The van der Waals surface area contributed by atoms with Crippen LogP contribution < -0.4 is 0 Å². The van der Waals surface area contributed by atoms with Gasteiger partial charge in [-0.05, 0) is 169 Å².